The van der Waals surface area contributed by atoms with Gasteiger partial charge in [-0.15, -0.1) is 0 Å². The molecule has 0 aromatic heterocycles. The van der Waals surface area contributed by atoms with Crippen molar-refractivity contribution >= 4 is 5.97 Å². The first-order valence-corrected chi connectivity index (χ1v) is 11.3. The molecule has 0 unspecified atom stereocenters. The van der Waals surface area contributed by atoms with E-state index in [2.05, 4.69) is 58.9 Å². The molecule has 3 nitrogen and oxygen atoms in total. The molecule has 0 saturated heterocycles. The van der Waals surface area contributed by atoms with Crippen LogP contribution in [0.5, 0.6) is 0 Å². The lowest BCUT2D eigenvalue weighted by Gasteiger charge is -2.42. The molecule has 3 rings (SSSR count). The summed E-state index contributed by atoms with van der Waals surface area (Å²) in [5.74, 6) is -0.149. The van der Waals surface area contributed by atoms with Crippen LogP contribution in [-0.2, 0) is 25.8 Å². The fraction of sp³-hybridized carbons (Fsp3) is 0.593. The van der Waals surface area contributed by atoms with Crippen molar-refractivity contribution in [1.82, 2.24) is 0 Å². The van der Waals surface area contributed by atoms with Crippen molar-refractivity contribution in [2.45, 2.75) is 77.6 Å². The number of hydrogen-bond acceptors (Lipinski definition) is 2. The summed E-state index contributed by atoms with van der Waals surface area (Å²) in [6, 6.07) is 7.15. The number of carboxylic acid groups (broad SMARTS) is 1. The molecule has 1 saturated carbocycles. The van der Waals surface area contributed by atoms with E-state index in [1.54, 1.807) is 0 Å². The Hall–Kier alpha value is -1.87. The minimum atomic E-state index is -0.902. The molecule has 1 aromatic carbocycles. The molecule has 30 heavy (non-hydrogen) atoms. The van der Waals surface area contributed by atoms with Crippen LogP contribution >= 0.6 is 0 Å². The minimum Gasteiger partial charge on any atom is -0.478 e. The van der Waals surface area contributed by atoms with Crippen LogP contribution in [0.2, 0.25) is 0 Å². The van der Waals surface area contributed by atoms with Crippen molar-refractivity contribution in [3.63, 3.8) is 0 Å². The van der Waals surface area contributed by atoms with Gasteiger partial charge in [0, 0.05) is 18.1 Å². The number of hydrogen-bond donors (Lipinski definition) is 1. The van der Waals surface area contributed by atoms with Gasteiger partial charge in [0.05, 0.1) is 6.61 Å². The first-order valence-electron chi connectivity index (χ1n) is 11.3. The van der Waals surface area contributed by atoms with Gasteiger partial charge in [-0.1, -0.05) is 65.0 Å². The van der Waals surface area contributed by atoms with Crippen LogP contribution in [0.1, 0.15) is 78.0 Å². The standard InChI is InChI=1S/C27H38O3/c1-8-30-17-23-21(11-9-18(2)15-24(28)29)27(23,7)19-10-12-20-22(16-19)26(5,6)14-13-25(20,3)4/h9-12,15-16,21,23H,8,13-14,17H2,1-7H3,(H,28,29)/b11-9+,18-15+/t21-,23-,27+/m1/s1. The summed E-state index contributed by atoms with van der Waals surface area (Å²) in [5.41, 5.74) is 5.54. The smallest absolute Gasteiger partial charge is 0.328 e. The molecule has 1 fully saturated rings. The quantitative estimate of drug-likeness (QED) is 0.432. The van der Waals surface area contributed by atoms with Gasteiger partial charge in [-0.05, 0) is 71.6 Å². The summed E-state index contributed by atoms with van der Waals surface area (Å²) in [7, 11) is 0. The van der Waals surface area contributed by atoms with E-state index in [1.165, 1.54) is 35.6 Å². The molecule has 2 aliphatic carbocycles. The molecule has 3 atom stereocenters. The maximum Gasteiger partial charge on any atom is 0.328 e. The molecule has 0 aliphatic heterocycles. The minimum absolute atomic E-state index is 0.0157. The normalized spacial score (nSPS) is 29.6. The molecular formula is C27H38O3. The average Bonchev–Trinajstić information content (AvgIpc) is 3.25. The van der Waals surface area contributed by atoms with Crippen LogP contribution in [0.4, 0.5) is 0 Å². The van der Waals surface area contributed by atoms with Gasteiger partial charge in [0.2, 0.25) is 0 Å². The van der Waals surface area contributed by atoms with Crippen LogP contribution in [0, 0.1) is 11.8 Å². The highest BCUT2D eigenvalue weighted by atomic mass is 16.5. The van der Waals surface area contributed by atoms with Gasteiger partial charge < -0.3 is 9.84 Å². The topological polar surface area (TPSA) is 46.5 Å². The van der Waals surface area contributed by atoms with Gasteiger partial charge in [-0.3, -0.25) is 0 Å². The summed E-state index contributed by atoms with van der Waals surface area (Å²) in [6.45, 7) is 17.1. The lowest BCUT2D eigenvalue weighted by molar-refractivity contribution is -0.131. The first kappa shape index (κ1) is 22.8. The number of fused-ring (bicyclic) bond motifs is 1. The van der Waals surface area contributed by atoms with Gasteiger partial charge in [0.15, 0.2) is 0 Å². The Labute approximate surface area is 182 Å². The van der Waals surface area contributed by atoms with E-state index in [-0.39, 0.29) is 16.2 Å². The second-order valence-corrected chi connectivity index (χ2v) is 10.7. The van der Waals surface area contributed by atoms with Crippen molar-refractivity contribution in [2.24, 2.45) is 11.8 Å². The van der Waals surface area contributed by atoms with Crippen molar-refractivity contribution in [2.75, 3.05) is 13.2 Å². The second-order valence-electron chi connectivity index (χ2n) is 10.7. The van der Waals surface area contributed by atoms with E-state index in [0.29, 0.717) is 18.4 Å². The average molecular weight is 411 g/mol. The third kappa shape index (κ3) is 4.14. The highest BCUT2D eigenvalue weighted by Gasteiger charge is 2.60. The summed E-state index contributed by atoms with van der Waals surface area (Å²) >= 11 is 0. The number of ether oxygens (including phenoxy) is 1. The second kappa shape index (κ2) is 8.00. The van der Waals surface area contributed by atoms with Crippen LogP contribution in [0.3, 0.4) is 0 Å². The van der Waals surface area contributed by atoms with E-state index in [1.807, 2.05) is 19.9 Å². The number of carboxylic acids is 1. The SMILES string of the molecule is CCOC[C@@H]1[C@@H](/C=C/C(C)=C/C(=O)O)[C@]1(C)c1ccc2c(c1)C(C)(C)CCC2(C)C. The molecule has 0 amide bonds. The number of aliphatic carboxylic acids is 1. The number of allylic oxidation sites excluding steroid dienone is 3. The summed E-state index contributed by atoms with van der Waals surface area (Å²) < 4.78 is 5.82. The Morgan fingerprint density at radius 1 is 1.13 bits per heavy atom. The summed E-state index contributed by atoms with van der Waals surface area (Å²) in [4.78, 5) is 10.9. The summed E-state index contributed by atoms with van der Waals surface area (Å²) in [6.07, 6.45) is 7.83. The number of rotatable bonds is 7. The van der Waals surface area contributed by atoms with Gasteiger partial charge in [0.25, 0.3) is 0 Å². The van der Waals surface area contributed by atoms with E-state index in [9.17, 15) is 4.79 Å². The van der Waals surface area contributed by atoms with Gasteiger partial charge in [-0.25, -0.2) is 4.79 Å². The molecule has 0 heterocycles. The molecule has 0 spiro atoms. The van der Waals surface area contributed by atoms with Crippen LogP contribution in [-0.4, -0.2) is 24.3 Å². The lowest BCUT2D eigenvalue weighted by Crippen LogP contribution is -2.34. The third-order valence-corrected chi connectivity index (χ3v) is 7.68. The zero-order valence-corrected chi connectivity index (χ0v) is 19.7. The molecule has 1 aromatic rings. The number of benzene rings is 1. The van der Waals surface area contributed by atoms with Crippen LogP contribution in [0.25, 0.3) is 0 Å². The Morgan fingerprint density at radius 3 is 2.37 bits per heavy atom. The Kier molecular flexibility index (Phi) is 6.08. The fourth-order valence-electron chi connectivity index (χ4n) is 5.32. The third-order valence-electron chi connectivity index (χ3n) is 7.68. The highest BCUT2D eigenvalue weighted by Crippen LogP contribution is 2.61. The van der Waals surface area contributed by atoms with E-state index in [0.717, 1.165) is 12.2 Å². The Balaban J connectivity index is 1.97. The van der Waals surface area contributed by atoms with Gasteiger partial charge >= 0.3 is 5.97 Å². The highest BCUT2D eigenvalue weighted by molar-refractivity contribution is 5.81. The largest absolute Gasteiger partial charge is 0.478 e. The number of carbonyl (C=O) groups is 1. The molecule has 3 heteroatoms. The fourth-order valence-corrected chi connectivity index (χ4v) is 5.32. The van der Waals surface area contributed by atoms with E-state index < -0.39 is 5.97 Å². The molecule has 164 valence electrons. The van der Waals surface area contributed by atoms with Gasteiger partial charge in [-0.2, -0.15) is 0 Å². The molecular weight excluding hydrogens is 372 g/mol. The Morgan fingerprint density at radius 2 is 1.77 bits per heavy atom. The molecule has 1 N–H and O–H groups in total. The zero-order chi connectivity index (χ0) is 22.3. The van der Waals surface area contributed by atoms with Crippen molar-refractivity contribution in [3.8, 4) is 0 Å². The monoisotopic (exact) mass is 410 g/mol. The molecule has 2 aliphatic rings. The van der Waals surface area contributed by atoms with E-state index >= 15 is 0 Å². The van der Waals surface area contributed by atoms with Crippen LogP contribution in [0.15, 0.2) is 42.0 Å². The Bertz CT molecular complexity index is 874. The molecule has 0 bridgehead atoms. The maximum absolute atomic E-state index is 10.9. The maximum atomic E-state index is 10.9. The molecule has 0 radical (unpaired) electrons. The van der Waals surface area contributed by atoms with Crippen molar-refractivity contribution in [3.05, 3.63) is 58.7 Å². The predicted molar refractivity (Wildman–Crippen MR) is 123 cm³/mol. The van der Waals surface area contributed by atoms with Crippen molar-refractivity contribution < 1.29 is 14.6 Å². The zero-order valence-electron chi connectivity index (χ0n) is 19.7. The van der Waals surface area contributed by atoms with Crippen molar-refractivity contribution in [1.29, 1.82) is 0 Å². The van der Waals surface area contributed by atoms with Crippen LogP contribution < -0.4 is 0 Å². The first-order chi connectivity index (χ1) is 13.9. The predicted octanol–water partition coefficient (Wildman–Crippen LogP) is 6.16. The summed E-state index contributed by atoms with van der Waals surface area (Å²) in [5, 5.41) is 8.99. The lowest BCUT2D eigenvalue weighted by atomic mass is 9.62. The van der Waals surface area contributed by atoms with Gasteiger partial charge in [0.1, 0.15) is 0 Å². The van der Waals surface area contributed by atoms with E-state index in [4.69, 9.17) is 9.84 Å².